The molecule has 0 radical (unpaired) electrons. The predicted octanol–water partition coefficient (Wildman–Crippen LogP) is 11.9. The molecule has 0 saturated heterocycles. The number of rotatable bonds is 2. The fourth-order valence-corrected chi connectivity index (χ4v) is 5.65. The van der Waals surface area contributed by atoms with Crippen molar-refractivity contribution in [1.29, 1.82) is 0 Å². The first kappa shape index (κ1) is 34.0. The largest absolute Gasteiger partial charge is 0.0620 e. The van der Waals surface area contributed by atoms with E-state index in [0.29, 0.717) is 32.5 Å². The van der Waals surface area contributed by atoms with Crippen LogP contribution in [0, 0.1) is 62.1 Å². The minimum Gasteiger partial charge on any atom is -0.0620 e. The minimum atomic E-state index is 0.466. The molecule has 206 valence electrons. The van der Waals surface area contributed by atoms with Crippen LogP contribution in [0.25, 0.3) is 0 Å². The molecule has 0 nitrogen and oxygen atoms in total. The van der Waals surface area contributed by atoms with Crippen molar-refractivity contribution in [2.45, 2.75) is 157 Å². The molecule has 5 atom stereocenters. The van der Waals surface area contributed by atoms with Crippen LogP contribution in [0.5, 0.6) is 0 Å². The second-order valence-corrected chi connectivity index (χ2v) is 18.9. The molecule has 2 aliphatic carbocycles. The van der Waals surface area contributed by atoms with E-state index in [9.17, 15) is 0 Å². The highest BCUT2D eigenvalue weighted by atomic mass is 14.6. The summed E-state index contributed by atoms with van der Waals surface area (Å²) >= 11 is 0. The Balaban J connectivity index is 0.000000481. The van der Waals surface area contributed by atoms with Gasteiger partial charge < -0.3 is 0 Å². The molecule has 0 amide bonds. The van der Waals surface area contributed by atoms with Gasteiger partial charge in [0, 0.05) is 0 Å². The van der Waals surface area contributed by atoms with Crippen molar-refractivity contribution in [3.8, 4) is 0 Å². The van der Waals surface area contributed by atoms with Crippen LogP contribution in [0.4, 0.5) is 0 Å². The van der Waals surface area contributed by atoms with Gasteiger partial charge in [0.15, 0.2) is 0 Å². The van der Waals surface area contributed by atoms with Crippen LogP contribution in [0.3, 0.4) is 0 Å². The summed E-state index contributed by atoms with van der Waals surface area (Å²) in [5, 5.41) is 0. The topological polar surface area (TPSA) is 0 Å². The molecule has 0 aromatic rings. The van der Waals surface area contributed by atoms with Gasteiger partial charge in [0.2, 0.25) is 0 Å². The molecule has 0 N–H and O–H groups in total. The second-order valence-electron chi connectivity index (χ2n) is 18.9. The number of hydrogen-bond donors (Lipinski definition) is 0. The third-order valence-corrected chi connectivity index (χ3v) is 8.32. The first-order chi connectivity index (χ1) is 14.6. The zero-order chi connectivity index (χ0) is 27.7. The van der Waals surface area contributed by atoms with Gasteiger partial charge in [-0.1, -0.05) is 132 Å². The van der Waals surface area contributed by atoms with Crippen LogP contribution in [0.15, 0.2) is 0 Å². The van der Waals surface area contributed by atoms with Gasteiger partial charge in [-0.2, -0.15) is 0 Å². The monoisotopic (exact) mass is 479 g/mol. The Morgan fingerprint density at radius 2 is 0.853 bits per heavy atom. The average Bonchev–Trinajstić information content (AvgIpc) is 3.34. The van der Waals surface area contributed by atoms with Crippen molar-refractivity contribution in [3.63, 3.8) is 0 Å². The summed E-state index contributed by atoms with van der Waals surface area (Å²) in [6.07, 6.45) is 5.65. The third kappa shape index (κ3) is 14.5. The van der Waals surface area contributed by atoms with E-state index in [4.69, 9.17) is 0 Å². The van der Waals surface area contributed by atoms with E-state index < -0.39 is 0 Å². The summed E-state index contributed by atoms with van der Waals surface area (Å²) in [5.41, 5.74) is 3.11. The third-order valence-electron chi connectivity index (χ3n) is 8.32. The van der Waals surface area contributed by atoms with E-state index in [1.54, 1.807) is 0 Å². The van der Waals surface area contributed by atoms with Crippen LogP contribution >= 0.6 is 0 Å². The van der Waals surface area contributed by atoms with Crippen LogP contribution in [-0.4, -0.2) is 0 Å². The van der Waals surface area contributed by atoms with Crippen molar-refractivity contribution in [2.24, 2.45) is 62.1 Å². The van der Waals surface area contributed by atoms with E-state index in [2.05, 4.69) is 132 Å². The summed E-state index contributed by atoms with van der Waals surface area (Å²) in [6.45, 7) is 44.6. The molecule has 0 heteroatoms. The molecule has 2 saturated carbocycles. The highest BCUT2D eigenvalue weighted by molar-refractivity contribution is 4.99. The fraction of sp³-hybridized carbons (Fsp3) is 1.00. The maximum absolute atomic E-state index is 2.38. The van der Waals surface area contributed by atoms with E-state index in [1.807, 2.05) is 0 Å². The zero-order valence-electron chi connectivity index (χ0n) is 27.7. The van der Waals surface area contributed by atoms with Gasteiger partial charge in [-0.15, -0.1) is 0 Å². The lowest BCUT2D eigenvalue weighted by atomic mass is 9.73. The highest BCUT2D eigenvalue weighted by Crippen LogP contribution is 2.58. The van der Waals surface area contributed by atoms with Crippen LogP contribution in [-0.2, 0) is 0 Å². The summed E-state index contributed by atoms with van der Waals surface area (Å²) in [6, 6.07) is 0. The first-order valence-corrected chi connectivity index (χ1v) is 14.6. The molecule has 0 bridgehead atoms. The molecule has 2 aliphatic rings. The highest BCUT2D eigenvalue weighted by Gasteiger charge is 2.50. The summed E-state index contributed by atoms with van der Waals surface area (Å²) < 4.78 is 0. The first-order valence-electron chi connectivity index (χ1n) is 14.6. The summed E-state index contributed by atoms with van der Waals surface area (Å²) in [4.78, 5) is 0. The molecule has 5 unspecified atom stereocenters. The standard InChI is InChI=1S/C12H24.C11H22.C11H24/c1-11(2,3)8-9-7-10(9)12(4,5)6;1-10(2,3)8-7-9(8)11(4,5)6;1-9(11(5,6)7)8-10(2,3)4/h9-10H,7-8H2,1-6H3;8-9H,7H2,1-6H3;9H,8H2,1-7H3. The van der Waals surface area contributed by atoms with Crippen LogP contribution in [0.2, 0.25) is 0 Å². The van der Waals surface area contributed by atoms with E-state index in [0.717, 1.165) is 29.6 Å². The molecule has 0 aromatic heterocycles. The Hall–Kier alpha value is 0. The SMILES string of the molecule is CC(C)(C)C1CC1C(C)(C)C.CC(C)(C)CC1CC1C(C)(C)C.CC(CC(C)(C)C)C(C)(C)C. The van der Waals surface area contributed by atoms with Crippen molar-refractivity contribution in [1.82, 2.24) is 0 Å². The Morgan fingerprint density at radius 3 is 1.00 bits per heavy atom. The van der Waals surface area contributed by atoms with Crippen molar-refractivity contribution >= 4 is 0 Å². The zero-order valence-corrected chi connectivity index (χ0v) is 27.7. The van der Waals surface area contributed by atoms with E-state index in [1.165, 1.54) is 25.7 Å². The lowest BCUT2D eigenvalue weighted by Gasteiger charge is -2.32. The quantitative estimate of drug-likeness (QED) is 0.370. The van der Waals surface area contributed by atoms with Gasteiger partial charge in [-0.25, -0.2) is 0 Å². The second kappa shape index (κ2) is 11.2. The van der Waals surface area contributed by atoms with Gasteiger partial charge >= 0.3 is 0 Å². The Kier molecular flexibility index (Phi) is 11.2. The van der Waals surface area contributed by atoms with Gasteiger partial charge in [-0.3, -0.25) is 0 Å². The van der Waals surface area contributed by atoms with Crippen LogP contribution < -0.4 is 0 Å². The molecular formula is C34H70. The van der Waals surface area contributed by atoms with Crippen molar-refractivity contribution in [3.05, 3.63) is 0 Å². The Morgan fingerprint density at radius 1 is 0.500 bits per heavy atom. The molecule has 0 heterocycles. The molecule has 2 fully saturated rings. The van der Waals surface area contributed by atoms with Gasteiger partial charge in [0.25, 0.3) is 0 Å². The van der Waals surface area contributed by atoms with Gasteiger partial charge in [-0.05, 0) is 87.8 Å². The smallest absolute Gasteiger partial charge is 0.0329 e. The van der Waals surface area contributed by atoms with E-state index in [-0.39, 0.29) is 0 Å². The van der Waals surface area contributed by atoms with E-state index >= 15 is 0 Å². The van der Waals surface area contributed by atoms with Gasteiger partial charge in [0.1, 0.15) is 0 Å². The minimum absolute atomic E-state index is 0.466. The van der Waals surface area contributed by atoms with Crippen LogP contribution in [0.1, 0.15) is 157 Å². The predicted molar refractivity (Wildman–Crippen MR) is 158 cm³/mol. The molecule has 0 aromatic carbocycles. The molecule has 34 heavy (non-hydrogen) atoms. The Labute approximate surface area is 219 Å². The lowest BCUT2D eigenvalue weighted by Crippen LogP contribution is -2.22. The average molecular weight is 479 g/mol. The summed E-state index contributed by atoms with van der Waals surface area (Å²) in [7, 11) is 0. The lowest BCUT2D eigenvalue weighted by molar-refractivity contribution is 0.182. The fourth-order valence-electron chi connectivity index (χ4n) is 5.65. The Bertz CT molecular complexity index is 544. The van der Waals surface area contributed by atoms with Gasteiger partial charge in [0.05, 0.1) is 0 Å². The molecular weight excluding hydrogens is 408 g/mol. The normalized spacial score (nSPS) is 26.6. The van der Waals surface area contributed by atoms with Crippen molar-refractivity contribution in [2.75, 3.05) is 0 Å². The molecule has 0 spiro atoms. The molecule has 2 rings (SSSR count). The number of hydrogen-bond acceptors (Lipinski definition) is 0. The maximum atomic E-state index is 2.38. The maximum Gasteiger partial charge on any atom is -0.0329 e. The van der Waals surface area contributed by atoms with Crippen molar-refractivity contribution < 1.29 is 0 Å². The summed E-state index contributed by atoms with van der Waals surface area (Å²) in [5.74, 6) is 4.77. The molecule has 0 aliphatic heterocycles.